The molecule has 0 atom stereocenters. The van der Waals surface area contributed by atoms with Gasteiger partial charge in [-0.25, -0.2) is 9.97 Å². The molecule has 6 heteroatoms. The highest BCUT2D eigenvalue weighted by Gasteiger charge is 2.05. The van der Waals surface area contributed by atoms with Crippen molar-refractivity contribution in [2.45, 2.75) is 6.42 Å². The summed E-state index contributed by atoms with van der Waals surface area (Å²) in [6.45, 7) is 1.56. The van der Waals surface area contributed by atoms with Crippen molar-refractivity contribution in [2.75, 3.05) is 25.6 Å². The van der Waals surface area contributed by atoms with E-state index >= 15 is 0 Å². The van der Waals surface area contributed by atoms with Gasteiger partial charge in [0.2, 0.25) is 0 Å². The number of aromatic nitrogens is 3. The van der Waals surface area contributed by atoms with Crippen LogP contribution in [0.25, 0.3) is 5.65 Å². The molecule has 2 aromatic rings. The van der Waals surface area contributed by atoms with Crippen molar-refractivity contribution in [3.63, 3.8) is 0 Å². The molecule has 0 unspecified atom stereocenters. The summed E-state index contributed by atoms with van der Waals surface area (Å²) in [6.07, 6.45) is 6.46. The average Bonchev–Trinajstić information content (AvgIpc) is 2.72. The lowest BCUT2D eigenvalue weighted by atomic mass is 10.4. The number of halogens is 1. The van der Waals surface area contributed by atoms with Gasteiger partial charge in [0.15, 0.2) is 11.5 Å². The summed E-state index contributed by atoms with van der Waals surface area (Å²) < 4.78 is 7.70. The first-order valence-corrected chi connectivity index (χ1v) is 5.82. The Kier molecular flexibility index (Phi) is 3.74. The third-order valence-corrected chi connectivity index (χ3v) is 2.54. The zero-order valence-corrected chi connectivity index (χ0v) is 10.6. The fraction of sp³-hybridized carbons (Fsp3) is 0.400. The fourth-order valence-corrected chi connectivity index (χ4v) is 1.84. The number of methoxy groups -OCH3 is 1. The minimum absolute atomic E-state index is 0.742. The second-order valence-electron chi connectivity index (χ2n) is 3.34. The summed E-state index contributed by atoms with van der Waals surface area (Å²) in [5, 5.41) is 3.24. The molecule has 0 bridgehead atoms. The zero-order chi connectivity index (χ0) is 11.4. The summed E-state index contributed by atoms with van der Waals surface area (Å²) in [5.74, 6) is 0.787. The SMILES string of the molecule is COCCCNc1nc(Br)cn2ccnc12. The molecular weight excluding hydrogens is 272 g/mol. The van der Waals surface area contributed by atoms with Crippen LogP contribution in [-0.4, -0.2) is 34.6 Å². The molecule has 0 amide bonds. The van der Waals surface area contributed by atoms with E-state index in [9.17, 15) is 0 Å². The van der Waals surface area contributed by atoms with Gasteiger partial charge in [-0.1, -0.05) is 0 Å². The number of imidazole rings is 1. The van der Waals surface area contributed by atoms with Gasteiger partial charge in [-0.2, -0.15) is 0 Å². The van der Waals surface area contributed by atoms with Gasteiger partial charge >= 0.3 is 0 Å². The zero-order valence-electron chi connectivity index (χ0n) is 8.98. The van der Waals surface area contributed by atoms with Gasteiger partial charge in [0.25, 0.3) is 0 Å². The van der Waals surface area contributed by atoms with Crippen molar-refractivity contribution in [3.05, 3.63) is 23.2 Å². The molecule has 0 saturated heterocycles. The molecule has 2 rings (SSSR count). The van der Waals surface area contributed by atoms with Crippen LogP contribution in [0.3, 0.4) is 0 Å². The minimum Gasteiger partial charge on any atom is -0.385 e. The number of hydrogen-bond acceptors (Lipinski definition) is 4. The second-order valence-corrected chi connectivity index (χ2v) is 4.16. The molecule has 0 spiro atoms. The highest BCUT2D eigenvalue weighted by Crippen LogP contribution is 2.16. The van der Waals surface area contributed by atoms with Crippen LogP contribution in [0, 0.1) is 0 Å². The number of rotatable bonds is 5. The van der Waals surface area contributed by atoms with E-state index in [1.807, 2.05) is 16.8 Å². The van der Waals surface area contributed by atoms with Gasteiger partial charge < -0.3 is 14.5 Å². The van der Waals surface area contributed by atoms with Crippen LogP contribution >= 0.6 is 15.9 Å². The van der Waals surface area contributed by atoms with Crippen molar-refractivity contribution in [3.8, 4) is 0 Å². The Hall–Kier alpha value is -1.14. The molecule has 1 N–H and O–H groups in total. The highest BCUT2D eigenvalue weighted by atomic mass is 79.9. The molecule has 0 aliphatic carbocycles. The number of nitrogens with one attached hydrogen (secondary N) is 1. The van der Waals surface area contributed by atoms with E-state index in [1.165, 1.54) is 0 Å². The molecule has 0 aliphatic rings. The van der Waals surface area contributed by atoms with E-state index in [0.717, 1.165) is 35.6 Å². The van der Waals surface area contributed by atoms with Crippen molar-refractivity contribution in [2.24, 2.45) is 0 Å². The lowest BCUT2D eigenvalue weighted by Crippen LogP contribution is -2.07. The molecular formula is C10H13BrN4O. The lowest BCUT2D eigenvalue weighted by Gasteiger charge is -2.07. The maximum Gasteiger partial charge on any atom is 0.180 e. The van der Waals surface area contributed by atoms with Crippen molar-refractivity contribution < 1.29 is 4.74 Å². The standard InChI is InChI=1S/C10H13BrN4O/c1-16-6-2-3-12-9-10-13-4-5-15(10)7-8(11)14-9/h4-5,7H,2-3,6H2,1H3,(H,12,14). The summed E-state index contributed by atoms with van der Waals surface area (Å²) in [5.41, 5.74) is 0.834. The molecule has 2 heterocycles. The second kappa shape index (κ2) is 5.27. The van der Waals surface area contributed by atoms with Crippen LogP contribution in [0.1, 0.15) is 6.42 Å². The van der Waals surface area contributed by atoms with E-state index in [1.54, 1.807) is 13.3 Å². The molecule has 2 aromatic heterocycles. The topological polar surface area (TPSA) is 51.5 Å². The van der Waals surface area contributed by atoms with E-state index < -0.39 is 0 Å². The molecule has 16 heavy (non-hydrogen) atoms. The summed E-state index contributed by atoms with van der Waals surface area (Å²) in [4.78, 5) is 8.60. The highest BCUT2D eigenvalue weighted by molar-refractivity contribution is 9.10. The molecule has 86 valence electrons. The van der Waals surface area contributed by atoms with E-state index in [-0.39, 0.29) is 0 Å². The Morgan fingerprint density at radius 3 is 3.25 bits per heavy atom. The van der Waals surface area contributed by atoms with Gasteiger partial charge in [-0.05, 0) is 22.4 Å². The van der Waals surface area contributed by atoms with Crippen molar-refractivity contribution in [1.82, 2.24) is 14.4 Å². The largest absolute Gasteiger partial charge is 0.385 e. The molecule has 0 radical (unpaired) electrons. The van der Waals surface area contributed by atoms with Crippen LogP contribution in [0.15, 0.2) is 23.2 Å². The fourth-order valence-electron chi connectivity index (χ4n) is 1.44. The van der Waals surface area contributed by atoms with E-state index in [2.05, 4.69) is 31.2 Å². The first-order valence-electron chi connectivity index (χ1n) is 5.03. The molecule has 0 fully saturated rings. The van der Waals surface area contributed by atoms with E-state index in [4.69, 9.17) is 4.74 Å². The van der Waals surface area contributed by atoms with Crippen LogP contribution in [-0.2, 0) is 4.74 Å². The van der Waals surface area contributed by atoms with Crippen molar-refractivity contribution in [1.29, 1.82) is 0 Å². The minimum atomic E-state index is 0.742. The van der Waals surface area contributed by atoms with Gasteiger partial charge in [0.05, 0.1) is 0 Å². The van der Waals surface area contributed by atoms with Crippen LogP contribution in [0.4, 0.5) is 5.82 Å². The van der Waals surface area contributed by atoms with Gasteiger partial charge in [-0.3, -0.25) is 0 Å². The Morgan fingerprint density at radius 2 is 2.44 bits per heavy atom. The van der Waals surface area contributed by atoms with E-state index in [0.29, 0.717) is 0 Å². The average molecular weight is 285 g/mol. The summed E-state index contributed by atoms with van der Waals surface area (Å²) >= 11 is 3.37. The molecule has 0 aliphatic heterocycles. The van der Waals surface area contributed by atoms with Gasteiger partial charge in [-0.15, -0.1) is 0 Å². The number of fused-ring (bicyclic) bond motifs is 1. The van der Waals surface area contributed by atoms with Crippen LogP contribution < -0.4 is 5.32 Å². The van der Waals surface area contributed by atoms with Crippen LogP contribution in [0.5, 0.6) is 0 Å². The lowest BCUT2D eigenvalue weighted by molar-refractivity contribution is 0.198. The quantitative estimate of drug-likeness (QED) is 0.853. The smallest absolute Gasteiger partial charge is 0.180 e. The van der Waals surface area contributed by atoms with Crippen LogP contribution in [0.2, 0.25) is 0 Å². The predicted molar refractivity (Wildman–Crippen MR) is 65.7 cm³/mol. The van der Waals surface area contributed by atoms with Gasteiger partial charge in [0, 0.05) is 38.9 Å². The number of hydrogen-bond donors (Lipinski definition) is 1. The third-order valence-electron chi connectivity index (χ3n) is 2.16. The maximum atomic E-state index is 4.99. The maximum absolute atomic E-state index is 4.99. The monoisotopic (exact) mass is 284 g/mol. The third kappa shape index (κ3) is 2.51. The first kappa shape index (κ1) is 11.3. The predicted octanol–water partition coefficient (Wildman–Crippen LogP) is 1.94. The number of nitrogens with zero attached hydrogens (tertiary/aromatic N) is 3. The molecule has 0 saturated carbocycles. The summed E-state index contributed by atoms with van der Waals surface area (Å²) in [7, 11) is 1.70. The summed E-state index contributed by atoms with van der Waals surface area (Å²) in [6, 6.07) is 0. The Labute approximate surface area is 102 Å². The Bertz CT molecular complexity index is 471. The number of anilines is 1. The Morgan fingerprint density at radius 1 is 1.56 bits per heavy atom. The van der Waals surface area contributed by atoms with Gasteiger partial charge in [0.1, 0.15) is 4.60 Å². The first-order chi connectivity index (χ1) is 7.81. The normalized spacial score (nSPS) is 10.9. The molecule has 0 aromatic carbocycles. The molecule has 5 nitrogen and oxygen atoms in total. The Balaban J connectivity index is 2.12. The van der Waals surface area contributed by atoms with Crippen molar-refractivity contribution >= 4 is 27.4 Å². The number of ether oxygens (including phenoxy) is 1.